The Morgan fingerprint density at radius 2 is 2.05 bits per heavy atom. The first kappa shape index (κ1) is 13.9. The topological polar surface area (TPSA) is 56.0 Å². The van der Waals surface area contributed by atoms with Gasteiger partial charge in [-0.1, -0.05) is 11.8 Å². The van der Waals surface area contributed by atoms with Crippen molar-refractivity contribution in [2.75, 3.05) is 0 Å². The fraction of sp³-hybridized carbons (Fsp3) is 0.154. The van der Waals surface area contributed by atoms with Gasteiger partial charge in [0.15, 0.2) is 0 Å². The van der Waals surface area contributed by atoms with Crippen LogP contribution < -0.4 is 0 Å². The summed E-state index contributed by atoms with van der Waals surface area (Å²) < 4.78 is 38.6. The average Bonchev–Trinajstić information content (AvgIpc) is 2.42. The third-order valence-electron chi connectivity index (χ3n) is 3.17. The predicted molar refractivity (Wildman–Crippen MR) is 69.3 cm³/mol. The number of nitro benzene ring substituents is 1. The molecule has 1 aliphatic rings. The van der Waals surface area contributed by atoms with Gasteiger partial charge in [-0.2, -0.15) is 13.2 Å². The zero-order valence-corrected chi connectivity index (χ0v) is 11.2. The maximum Gasteiger partial charge on any atom is 0.416 e. The van der Waals surface area contributed by atoms with Crippen LogP contribution in [0, 0.1) is 10.1 Å². The summed E-state index contributed by atoms with van der Waals surface area (Å²) in [5.41, 5.74) is -0.357. The van der Waals surface area contributed by atoms with E-state index in [0.29, 0.717) is 11.6 Å². The van der Waals surface area contributed by atoms with Crippen molar-refractivity contribution in [1.82, 2.24) is 4.98 Å². The molecule has 4 nitrogen and oxygen atoms in total. The third kappa shape index (κ3) is 2.46. The fourth-order valence-corrected chi connectivity index (χ4v) is 3.29. The van der Waals surface area contributed by atoms with Gasteiger partial charge in [-0.3, -0.25) is 15.1 Å². The maximum absolute atomic E-state index is 12.9. The van der Waals surface area contributed by atoms with E-state index < -0.39 is 22.4 Å². The Bertz CT molecular complexity index is 747. The molecule has 2 aromatic rings. The van der Waals surface area contributed by atoms with Gasteiger partial charge in [0.25, 0.3) is 5.69 Å². The summed E-state index contributed by atoms with van der Waals surface area (Å²) in [7, 11) is 0. The number of rotatable bonds is 1. The molecule has 2 heterocycles. The molecule has 0 saturated heterocycles. The molecular formula is C13H7F3N2O2S. The van der Waals surface area contributed by atoms with Crippen LogP contribution in [-0.2, 0) is 12.6 Å². The predicted octanol–water partition coefficient (Wildman–Crippen LogP) is 4.06. The van der Waals surface area contributed by atoms with Crippen molar-refractivity contribution >= 4 is 17.4 Å². The zero-order chi connectivity index (χ0) is 15.2. The molecule has 0 unspecified atom stereocenters. The number of fused-ring (bicyclic) bond motifs is 2. The Labute approximate surface area is 121 Å². The third-order valence-corrected chi connectivity index (χ3v) is 4.34. The Kier molecular flexibility index (Phi) is 3.12. The number of halogens is 3. The molecule has 0 amide bonds. The van der Waals surface area contributed by atoms with Gasteiger partial charge < -0.3 is 0 Å². The molecule has 0 aliphatic carbocycles. The largest absolute Gasteiger partial charge is 0.416 e. The van der Waals surface area contributed by atoms with E-state index >= 15 is 0 Å². The van der Waals surface area contributed by atoms with Crippen molar-refractivity contribution in [1.29, 1.82) is 0 Å². The summed E-state index contributed by atoms with van der Waals surface area (Å²) in [5.74, 6) is 0. The highest BCUT2D eigenvalue weighted by Gasteiger charge is 2.35. The lowest BCUT2D eigenvalue weighted by Crippen LogP contribution is -2.10. The van der Waals surface area contributed by atoms with Crippen LogP contribution in [0.1, 0.15) is 16.7 Å². The quantitative estimate of drug-likeness (QED) is 0.502. The molecule has 0 N–H and O–H groups in total. The van der Waals surface area contributed by atoms with Crippen LogP contribution >= 0.6 is 11.8 Å². The number of benzene rings is 1. The van der Waals surface area contributed by atoms with E-state index in [1.807, 2.05) is 0 Å². The summed E-state index contributed by atoms with van der Waals surface area (Å²) in [6.07, 6.45) is -1.28. The number of nitrogens with zero attached hydrogens (tertiary/aromatic N) is 2. The molecular weight excluding hydrogens is 305 g/mol. The Morgan fingerprint density at radius 3 is 2.71 bits per heavy atom. The summed E-state index contributed by atoms with van der Waals surface area (Å²) >= 11 is 1.08. The van der Waals surface area contributed by atoms with E-state index in [0.717, 1.165) is 28.3 Å². The van der Waals surface area contributed by atoms with Crippen LogP contribution in [0.2, 0.25) is 0 Å². The van der Waals surface area contributed by atoms with Crippen LogP contribution in [0.25, 0.3) is 0 Å². The molecule has 8 heteroatoms. The van der Waals surface area contributed by atoms with Gasteiger partial charge in [0.1, 0.15) is 0 Å². The summed E-state index contributed by atoms with van der Waals surface area (Å²) in [6, 6.07) is 3.28. The first-order valence-electron chi connectivity index (χ1n) is 5.85. The van der Waals surface area contributed by atoms with E-state index in [1.165, 1.54) is 0 Å². The Morgan fingerprint density at radius 1 is 1.29 bits per heavy atom. The molecule has 1 aromatic carbocycles. The number of hydrogen-bond donors (Lipinski definition) is 0. The van der Waals surface area contributed by atoms with E-state index in [4.69, 9.17) is 0 Å². The SMILES string of the molecule is O=[N+]([O-])c1cc(C(F)(F)F)cc2c1Cc1ccncc1S2. The number of pyridine rings is 1. The van der Waals surface area contributed by atoms with Gasteiger partial charge >= 0.3 is 6.18 Å². The number of aromatic nitrogens is 1. The number of alkyl halides is 3. The first-order valence-corrected chi connectivity index (χ1v) is 6.67. The van der Waals surface area contributed by atoms with E-state index in [1.54, 1.807) is 18.5 Å². The summed E-state index contributed by atoms with van der Waals surface area (Å²) in [6.45, 7) is 0. The molecule has 0 bridgehead atoms. The fourth-order valence-electron chi connectivity index (χ4n) is 2.18. The monoisotopic (exact) mass is 312 g/mol. The lowest BCUT2D eigenvalue weighted by molar-refractivity contribution is -0.386. The van der Waals surface area contributed by atoms with Crippen LogP contribution in [0.3, 0.4) is 0 Å². The molecule has 0 fully saturated rings. The van der Waals surface area contributed by atoms with E-state index in [9.17, 15) is 23.3 Å². The number of hydrogen-bond acceptors (Lipinski definition) is 4. The lowest BCUT2D eigenvalue weighted by atomic mass is 10.0. The van der Waals surface area contributed by atoms with Gasteiger partial charge in [-0.05, 0) is 17.7 Å². The standard InChI is InChI=1S/C13H7F3N2O2S/c14-13(15,16)8-4-10(18(19)20)9-3-7-1-2-17-6-12(7)21-11(9)5-8/h1-2,4-6H,3H2. The van der Waals surface area contributed by atoms with Gasteiger partial charge in [-0.25, -0.2) is 0 Å². The lowest BCUT2D eigenvalue weighted by Gasteiger charge is -2.19. The van der Waals surface area contributed by atoms with Gasteiger partial charge in [0, 0.05) is 40.2 Å². The van der Waals surface area contributed by atoms with Crippen LogP contribution in [-0.4, -0.2) is 9.91 Å². The Hall–Kier alpha value is -2.09. The van der Waals surface area contributed by atoms with Gasteiger partial charge in [0.05, 0.1) is 10.5 Å². The van der Waals surface area contributed by atoms with Crippen molar-refractivity contribution < 1.29 is 18.1 Å². The highest BCUT2D eigenvalue weighted by molar-refractivity contribution is 7.99. The minimum absolute atomic E-state index is 0.231. The number of nitro groups is 1. The highest BCUT2D eigenvalue weighted by atomic mass is 32.2. The first-order chi connectivity index (χ1) is 9.86. The molecule has 1 aliphatic heterocycles. The van der Waals surface area contributed by atoms with Gasteiger partial charge in [-0.15, -0.1) is 0 Å². The summed E-state index contributed by atoms with van der Waals surface area (Å²) in [4.78, 5) is 15.2. The molecule has 0 saturated carbocycles. The second-order valence-corrected chi connectivity index (χ2v) is 5.57. The second-order valence-electron chi connectivity index (χ2n) is 4.49. The molecule has 108 valence electrons. The van der Waals surface area contributed by atoms with Crippen molar-refractivity contribution in [3.63, 3.8) is 0 Å². The minimum atomic E-state index is -4.62. The highest BCUT2D eigenvalue weighted by Crippen LogP contribution is 2.45. The van der Waals surface area contributed by atoms with Crippen molar-refractivity contribution in [3.05, 3.63) is 57.4 Å². The maximum atomic E-state index is 12.9. The molecule has 0 spiro atoms. The molecule has 1 aromatic heterocycles. The molecule has 0 atom stereocenters. The molecule has 3 rings (SSSR count). The smallest absolute Gasteiger partial charge is 0.264 e. The molecule has 0 radical (unpaired) electrons. The summed E-state index contributed by atoms with van der Waals surface area (Å²) in [5, 5.41) is 11.1. The van der Waals surface area contributed by atoms with Crippen LogP contribution in [0.15, 0.2) is 40.4 Å². The minimum Gasteiger partial charge on any atom is -0.264 e. The Balaban J connectivity index is 2.19. The second kappa shape index (κ2) is 4.73. The normalized spacial score (nSPS) is 13.5. The van der Waals surface area contributed by atoms with Gasteiger partial charge in [0.2, 0.25) is 0 Å². The van der Waals surface area contributed by atoms with Crippen molar-refractivity contribution in [2.45, 2.75) is 22.4 Å². The van der Waals surface area contributed by atoms with Crippen molar-refractivity contribution in [3.8, 4) is 0 Å². The van der Waals surface area contributed by atoms with Crippen LogP contribution in [0.4, 0.5) is 18.9 Å². The van der Waals surface area contributed by atoms with Crippen molar-refractivity contribution in [2.24, 2.45) is 0 Å². The molecule has 21 heavy (non-hydrogen) atoms. The van der Waals surface area contributed by atoms with Crippen LogP contribution in [0.5, 0.6) is 0 Å². The van der Waals surface area contributed by atoms with E-state index in [-0.39, 0.29) is 11.3 Å². The average molecular weight is 312 g/mol. The van der Waals surface area contributed by atoms with E-state index in [2.05, 4.69) is 4.98 Å². The zero-order valence-electron chi connectivity index (χ0n) is 10.3.